The van der Waals surface area contributed by atoms with Crippen LogP contribution in [0.3, 0.4) is 0 Å². The van der Waals surface area contributed by atoms with Crippen LogP contribution in [0.25, 0.3) is 0 Å². The molecule has 0 unspecified atom stereocenters. The van der Waals surface area contributed by atoms with Gasteiger partial charge in [0.25, 0.3) is 0 Å². The number of carbonyl (C=O) groups excluding carboxylic acids is 1. The molecular formula is C14H10ClFO2. The first-order valence-electron chi connectivity index (χ1n) is 5.26. The molecule has 0 aliphatic rings. The Morgan fingerprint density at radius 2 is 1.89 bits per heavy atom. The Morgan fingerprint density at radius 1 is 1.17 bits per heavy atom. The average Bonchev–Trinajstić information content (AvgIpc) is 2.38. The molecule has 0 N–H and O–H groups in total. The average molecular weight is 265 g/mol. The van der Waals surface area contributed by atoms with Gasteiger partial charge in [-0.3, -0.25) is 4.79 Å². The highest BCUT2D eigenvalue weighted by atomic mass is 35.5. The van der Waals surface area contributed by atoms with E-state index in [1.54, 1.807) is 24.3 Å². The molecule has 0 atom stereocenters. The fraction of sp³-hybridized carbons (Fsp3) is 0.0714. The van der Waals surface area contributed by atoms with Crippen molar-refractivity contribution in [3.63, 3.8) is 0 Å². The van der Waals surface area contributed by atoms with Crippen molar-refractivity contribution in [2.24, 2.45) is 0 Å². The molecule has 2 aromatic rings. The number of methoxy groups -OCH3 is 1. The first kappa shape index (κ1) is 12.6. The Kier molecular flexibility index (Phi) is 3.63. The van der Waals surface area contributed by atoms with Gasteiger partial charge in [-0.25, -0.2) is 4.39 Å². The van der Waals surface area contributed by atoms with E-state index in [2.05, 4.69) is 0 Å². The summed E-state index contributed by atoms with van der Waals surface area (Å²) in [7, 11) is 1.43. The predicted molar refractivity (Wildman–Crippen MR) is 67.8 cm³/mol. The molecule has 18 heavy (non-hydrogen) atoms. The summed E-state index contributed by atoms with van der Waals surface area (Å²) < 4.78 is 18.3. The van der Waals surface area contributed by atoms with Gasteiger partial charge in [-0.05, 0) is 30.3 Å². The Morgan fingerprint density at radius 3 is 2.56 bits per heavy atom. The summed E-state index contributed by atoms with van der Waals surface area (Å²) in [6.07, 6.45) is 0. The third-order valence-corrected chi connectivity index (χ3v) is 2.85. The van der Waals surface area contributed by atoms with Crippen LogP contribution in [0.2, 0.25) is 5.02 Å². The zero-order chi connectivity index (χ0) is 13.1. The number of hydrogen-bond acceptors (Lipinski definition) is 2. The molecule has 2 aromatic carbocycles. The van der Waals surface area contributed by atoms with Crippen molar-refractivity contribution < 1.29 is 13.9 Å². The molecule has 0 fully saturated rings. The molecule has 0 saturated carbocycles. The van der Waals surface area contributed by atoms with Crippen LogP contribution in [0, 0.1) is 5.82 Å². The standard InChI is InChI=1S/C14H10ClFO2/c1-18-13-7-6-9(16)8-11(13)14(17)10-4-2-3-5-12(10)15/h2-8H,1H3. The van der Waals surface area contributed by atoms with Gasteiger partial charge in [0.15, 0.2) is 5.78 Å². The Labute approximate surface area is 109 Å². The second-order valence-electron chi connectivity index (χ2n) is 3.65. The molecule has 2 rings (SSSR count). The molecule has 0 aliphatic heterocycles. The molecule has 0 saturated heterocycles. The molecule has 0 amide bonds. The molecule has 0 aromatic heterocycles. The molecule has 0 spiro atoms. The van der Waals surface area contributed by atoms with Crippen LogP contribution in [0.5, 0.6) is 5.75 Å². The number of ketones is 1. The van der Waals surface area contributed by atoms with Crippen LogP contribution in [0.15, 0.2) is 42.5 Å². The summed E-state index contributed by atoms with van der Waals surface area (Å²) in [5.41, 5.74) is 0.480. The van der Waals surface area contributed by atoms with E-state index in [0.29, 0.717) is 16.3 Å². The summed E-state index contributed by atoms with van der Waals surface area (Å²) in [5.74, 6) is -0.538. The lowest BCUT2D eigenvalue weighted by molar-refractivity contribution is 0.103. The van der Waals surface area contributed by atoms with Gasteiger partial charge >= 0.3 is 0 Å². The summed E-state index contributed by atoms with van der Waals surface area (Å²) in [6.45, 7) is 0. The molecule has 2 nitrogen and oxygen atoms in total. The van der Waals surface area contributed by atoms with Gasteiger partial charge in [0, 0.05) is 5.56 Å². The third-order valence-electron chi connectivity index (χ3n) is 2.52. The summed E-state index contributed by atoms with van der Waals surface area (Å²) in [4.78, 5) is 12.3. The highest BCUT2D eigenvalue weighted by molar-refractivity contribution is 6.35. The van der Waals surface area contributed by atoms with E-state index >= 15 is 0 Å². The van der Waals surface area contributed by atoms with Gasteiger partial charge in [-0.1, -0.05) is 23.7 Å². The van der Waals surface area contributed by atoms with Crippen LogP contribution in [0.1, 0.15) is 15.9 Å². The van der Waals surface area contributed by atoms with Crippen molar-refractivity contribution in [2.45, 2.75) is 0 Å². The van der Waals surface area contributed by atoms with Gasteiger partial charge in [-0.15, -0.1) is 0 Å². The van der Waals surface area contributed by atoms with Crippen LogP contribution in [0.4, 0.5) is 4.39 Å². The Balaban J connectivity index is 2.52. The number of ether oxygens (including phenoxy) is 1. The molecule has 0 aliphatic carbocycles. The van der Waals surface area contributed by atoms with E-state index in [1.807, 2.05) is 0 Å². The first-order valence-corrected chi connectivity index (χ1v) is 5.64. The number of rotatable bonds is 3. The van der Waals surface area contributed by atoms with E-state index in [4.69, 9.17) is 16.3 Å². The minimum Gasteiger partial charge on any atom is -0.496 e. The SMILES string of the molecule is COc1ccc(F)cc1C(=O)c1ccccc1Cl. The molecule has 4 heteroatoms. The van der Waals surface area contributed by atoms with Crippen molar-refractivity contribution in [3.8, 4) is 5.75 Å². The van der Waals surface area contributed by atoms with Gasteiger partial charge in [-0.2, -0.15) is 0 Å². The Bertz CT molecular complexity index is 596. The van der Waals surface area contributed by atoms with Gasteiger partial charge in [0.1, 0.15) is 11.6 Å². The third kappa shape index (κ3) is 2.36. The topological polar surface area (TPSA) is 26.3 Å². The van der Waals surface area contributed by atoms with Gasteiger partial charge < -0.3 is 4.74 Å². The van der Waals surface area contributed by atoms with E-state index in [1.165, 1.54) is 19.2 Å². The van der Waals surface area contributed by atoms with Crippen LogP contribution in [-0.2, 0) is 0 Å². The smallest absolute Gasteiger partial charge is 0.198 e. The highest BCUT2D eigenvalue weighted by Crippen LogP contribution is 2.25. The lowest BCUT2D eigenvalue weighted by atomic mass is 10.0. The maximum absolute atomic E-state index is 13.2. The Hall–Kier alpha value is -1.87. The number of halogens is 2. The van der Waals surface area contributed by atoms with Crippen molar-refractivity contribution in [2.75, 3.05) is 7.11 Å². The number of hydrogen-bond donors (Lipinski definition) is 0. The fourth-order valence-electron chi connectivity index (χ4n) is 1.65. The van der Waals surface area contributed by atoms with Crippen LogP contribution in [-0.4, -0.2) is 12.9 Å². The normalized spacial score (nSPS) is 10.2. The highest BCUT2D eigenvalue weighted by Gasteiger charge is 2.17. The molecule has 0 heterocycles. The molecule has 0 radical (unpaired) electrons. The first-order chi connectivity index (χ1) is 8.63. The summed E-state index contributed by atoms with van der Waals surface area (Å²) >= 11 is 5.95. The van der Waals surface area contributed by atoms with Gasteiger partial charge in [0.2, 0.25) is 0 Å². The van der Waals surface area contributed by atoms with Crippen LogP contribution < -0.4 is 4.74 Å². The van der Waals surface area contributed by atoms with Crippen molar-refractivity contribution in [1.29, 1.82) is 0 Å². The molecular weight excluding hydrogens is 255 g/mol. The van der Waals surface area contributed by atoms with E-state index in [0.717, 1.165) is 6.07 Å². The molecule has 92 valence electrons. The monoisotopic (exact) mass is 264 g/mol. The summed E-state index contributed by atoms with van der Waals surface area (Å²) in [5, 5.41) is 0.328. The lowest BCUT2D eigenvalue weighted by Crippen LogP contribution is -2.05. The van der Waals surface area contributed by atoms with Crippen molar-refractivity contribution >= 4 is 17.4 Å². The maximum atomic E-state index is 13.2. The van der Waals surface area contributed by atoms with E-state index in [9.17, 15) is 9.18 Å². The zero-order valence-corrected chi connectivity index (χ0v) is 10.4. The van der Waals surface area contributed by atoms with Crippen molar-refractivity contribution in [3.05, 3.63) is 64.4 Å². The zero-order valence-electron chi connectivity index (χ0n) is 9.61. The number of benzene rings is 2. The fourth-order valence-corrected chi connectivity index (χ4v) is 1.87. The van der Waals surface area contributed by atoms with Gasteiger partial charge in [0.05, 0.1) is 17.7 Å². The van der Waals surface area contributed by atoms with Crippen LogP contribution >= 0.6 is 11.6 Å². The lowest BCUT2D eigenvalue weighted by Gasteiger charge is -2.08. The molecule has 0 bridgehead atoms. The second kappa shape index (κ2) is 5.19. The van der Waals surface area contributed by atoms with E-state index in [-0.39, 0.29) is 11.3 Å². The minimum atomic E-state index is -0.494. The predicted octanol–water partition coefficient (Wildman–Crippen LogP) is 3.72. The largest absolute Gasteiger partial charge is 0.496 e. The second-order valence-corrected chi connectivity index (χ2v) is 4.06. The van der Waals surface area contributed by atoms with Crippen molar-refractivity contribution in [1.82, 2.24) is 0 Å². The number of carbonyl (C=O) groups is 1. The quantitative estimate of drug-likeness (QED) is 0.790. The maximum Gasteiger partial charge on any atom is 0.198 e. The minimum absolute atomic E-state index is 0.158. The van der Waals surface area contributed by atoms with E-state index < -0.39 is 5.82 Å². The summed E-state index contributed by atoms with van der Waals surface area (Å²) in [6, 6.07) is 10.4.